The first-order valence-corrected chi connectivity index (χ1v) is 11.0. The van der Waals surface area contributed by atoms with E-state index in [1.807, 2.05) is 64.1 Å². The fourth-order valence-electron chi connectivity index (χ4n) is 4.25. The summed E-state index contributed by atoms with van der Waals surface area (Å²) in [6, 6.07) is 15.6. The second-order valence-electron chi connectivity index (χ2n) is 7.92. The van der Waals surface area contributed by atoms with Gasteiger partial charge in [-0.15, -0.1) is 0 Å². The SMILES string of the molecule is CCOC(=O)c1cc(-c2c(C)cccc2C)c(C(=O)OCC)cc1-c1c(C)cccc1C. The molecule has 0 bridgehead atoms. The Bertz CT molecular complexity index is 1040. The first-order chi connectivity index (χ1) is 15.3. The lowest BCUT2D eigenvalue weighted by Gasteiger charge is -2.20. The van der Waals surface area contributed by atoms with E-state index in [9.17, 15) is 9.59 Å². The predicted molar refractivity (Wildman–Crippen MR) is 128 cm³/mol. The van der Waals surface area contributed by atoms with Gasteiger partial charge in [-0.05, 0) is 98.2 Å². The molecule has 0 unspecified atom stereocenters. The number of ether oxygens (including phenoxy) is 2. The third-order valence-corrected chi connectivity index (χ3v) is 5.65. The Labute approximate surface area is 190 Å². The lowest BCUT2D eigenvalue weighted by molar-refractivity contribution is 0.0513. The standard InChI is InChI=1S/C28H30O4/c1-7-31-27(29)23-15-22(26-19(5)13-10-14-20(26)6)24(28(30)32-8-2)16-21(23)25-17(3)11-9-12-18(25)4/h9-16H,7-8H2,1-6H3. The number of aryl methyl sites for hydroxylation is 4. The Hall–Kier alpha value is -3.40. The average Bonchev–Trinajstić information content (AvgIpc) is 2.74. The number of carbonyl (C=O) groups excluding carboxylic acids is 2. The highest BCUT2D eigenvalue weighted by Crippen LogP contribution is 2.38. The molecule has 0 aromatic heterocycles. The van der Waals surface area contributed by atoms with Crippen LogP contribution in [0.5, 0.6) is 0 Å². The molecule has 0 amide bonds. The first-order valence-electron chi connectivity index (χ1n) is 11.0. The number of carbonyl (C=O) groups is 2. The van der Waals surface area contributed by atoms with E-state index in [4.69, 9.17) is 9.47 Å². The van der Waals surface area contributed by atoms with Gasteiger partial charge < -0.3 is 9.47 Å². The summed E-state index contributed by atoms with van der Waals surface area (Å²) in [5, 5.41) is 0. The van der Waals surface area contributed by atoms with E-state index in [0.29, 0.717) is 22.3 Å². The van der Waals surface area contributed by atoms with Gasteiger partial charge in [0.25, 0.3) is 0 Å². The molecule has 0 saturated carbocycles. The van der Waals surface area contributed by atoms with Crippen LogP contribution in [0.1, 0.15) is 56.8 Å². The minimum absolute atomic E-state index is 0.267. The van der Waals surface area contributed by atoms with E-state index in [2.05, 4.69) is 0 Å². The molecule has 4 heteroatoms. The van der Waals surface area contributed by atoms with Crippen molar-refractivity contribution in [2.45, 2.75) is 41.5 Å². The largest absolute Gasteiger partial charge is 0.462 e. The molecule has 3 aromatic carbocycles. The van der Waals surface area contributed by atoms with Crippen LogP contribution >= 0.6 is 0 Å². The Morgan fingerprint density at radius 2 is 0.938 bits per heavy atom. The maximum atomic E-state index is 13.1. The van der Waals surface area contributed by atoms with E-state index in [0.717, 1.165) is 33.4 Å². The van der Waals surface area contributed by atoms with Crippen molar-refractivity contribution in [1.82, 2.24) is 0 Å². The Balaban J connectivity index is 2.44. The van der Waals surface area contributed by atoms with E-state index in [1.165, 1.54) is 0 Å². The summed E-state index contributed by atoms with van der Waals surface area (Å²) in [7, 11) is 0. The molecule has 0 saturated heterocycles. The molecule has 166 valence electrons. The monoisotopic (exact) mass is 430 g/mol. The van der Waals surface area contributed by atoms with E-state index >= 15 is 0 Å². The molecule has 0 aliphatic heterocycles. The fraction of sp³-hybridized carbons (Fsp3) is 0.286. The topological polar surface area (TPSA) is 52.6 Å². The van der Waals surface area contributed by atoms with Crippen molar-refractivity contribution >= 4 is 11.9 Å². The van der Waals surface area contributed by atoms with Gasteiger partial charge in [0.2, 0.25) is 0 Å². The maximum absolute atomic E-state index is 13.1. The maximum Gasteiger partial charge on any atom is 0.338 e. The fourth-order valence-corrected chi connectivity index (χ4v) is 4.25. The highest BCUT2D eigenvalue weighted by molar-refractivity contribution is 6.06. The van der Waals surface area contributed by atoms with Gasteiger partial charge in [0.05, 0.1) is 24.3 Å². The van der Waals surface area contributed by atoms with Crippen LogP contribution < -0.4 is 0 Å². The Kier molecular flexibility index (Phi) is 7.14. The van der Waals surface area contributed by atoms with Crippen molar-refractivity contribution in [2.75, 3.05) is 13.2 Å². The van der Waals surface area contributed by atoms with Crippen LogP contribution in [-0.4, -0.2) is 25.2 Å². The molecule has 0 heterocycles. The zero-order valence-corrected chi connectivity index (χ0v) is 19.7. The number of hydrogen-bond acceptors (Lipinski definition) is 4. The molecule has 4 nitrogen and oxygen atoms in total. The van der Waals surface area contributed by atoms with Gasteiger partial charge in [-0.3, -0.25) is 0 Å². The second kappa shape index (κ2) is 9.82. The highest BCUT2D eigenvalue weighted by Gasteiger charge is 2.25. The molecule has 0 radical (unpaired) electrons. The van der Waals surface area contributed by atoms with Crippen LogP contribution in [-0.2, 0) is 9.47 Å². The average molecular weight is 431 g/mol. The smallest absolute Gasteiger partial charge is 0.338 e. The van der Waals surface area contributed by atoms with Crippen LogP contribution in [0.2, 0.25) is 0 Å². The number of rotatable bonds is 6. The van der Waals surface area contributed by atoms with Gasteiger partial charge in [-0.1, -0.05) is 36.4 Å². The number of hydrogen-bond donors (Lipinski definition) is 0. The molecule has 0 aliphatic carbocycles. The molecule has 3 aromatic rings. The van der Waals surface area contributed by atoms with Gasteiger partial charge in [0.15, 0.2) is 0 Å². The number of esters is 2. The molecule has 32 heavy (non-hydrogen) atoms. The highest BCUT2D eigenvalue weighted by atomic mass is 16.5. The van der Waals surface area contributed by atoms with Crippen molar-refractivity contribution in [3.05, 3.63) is 81.9 Å². The lowest BCUT2D eigenvalue weighted by atomic mass is 9.85. The van der Waals surface area contributed by atoms with E-state index in [-0.39, 0.29) is 13.2 Å². The summed E-state index contributed by atoms with van der Waals surface area (Å²) in [5.74, 6) is -0.818. The second-order valence-corrected chi connectivity index (χ2v) is 7.92. The van der Waals surface area contributed by atoms with Crippen LogP contribution in [0.3, 0.4) is 0 Å². The third kappa shape index (κ3) is 4.45. The molecule has 0 aliphatic rings. The van der Waals surface area contributed by atoms with Crippen LogP contribution in [0, 0.1) is 27.7 Å². The predicted octanol–water partition coefficient (Wildman–Crippen LogP) is 6.61. The Morgan fingerprint density at radius 1 is 0.625 bits per heavy atom. The zero-order chi connectivity index (χ0) is 23.4. The van der Waals surface area contributed by atoms with Gasteiger partial charge in [-0.2, -0.15) is 0 Å². The van der Waals surface area contributed by atoms with Crippen molar-refractivity contribution in [3.8, 4) is 22.3 Å². The van der Waals surface area contributed by atoms with Gasteiger partial charge >= 0.3 is 11.9 Å². The minimum atomic E-state index is -0.409. The van der Waals surface area contributed by atoms with Crippen LogP contribution in [0.25, 0.3) is 22.3 Å². The van der Waals surface area contributed by atoms with Crippen LogP contribution in [0.15, 0.2) is 48.5 Å². The summed E-state index contributed by atoms with van der Waals surface area (Å²) < 4.78 is 10.8. The summed E-state index contributed by atoms with van der Waals surface area (Å²) >= 11 is 0. The third-order valence-electron chi connectivity index (χ3n) is 5.65. The van der Waals surface area contributed by atoms with Gasteiger partial charge in [0.1, 0.15) is 0 Å². The molecule has 3 rings (SSSR count). The first kappa shape index (κ1) is 23.3. The zero-order valence-electron chi connectivity index (χ0n) is 19.7. The lowest BCUT2D eigenvalue weighted by Crippen LogP contribution is -2.13. The quantitative estimate of drug-likeness (QED) is 0.413. The summed E-state index contributed by atoms with van der Waals surface area (Å²) in [6.07, 6.45) is 0. The van der Waals surface area contributed by atoms with Crippen LogP contribution in [0.4, 0.5) is 0 Å². The number of benzene rings is 3. The van der Waals surface area contributed by atoms with E-state index < -0.39 is 11.9 Å². The normalized spacial score (nSPS) is 10.7. The Morgan fingerprint density at radius 3 is 1.22 bits per heavy atom. The van der Waals surface area contributed by atoms with Gasteiger partial charge in [0, 0.05) is 0 Å². The molecule has 0 N–H and O–H groups in total. The van der Waals surface area contributed by atoms with Crippen molar-refractivity contribution in [3.63, 3.8) is 0 Å². The minimum Gasteiger partial charge on any atom is -0.462 e. The summed E-state index contributed by atoms with van der Waals surface area (Å²) in [6.45, 7) is 12.1. The summed E-state index contributed by atoms with van der Waals surface area (Å²) in [4.78, 5) is 26.2. The van der Waals surface area contributed by atoms with Crippen molar-refractivity contribution in [2.24, 2.45) is 0 Å². The summed E-state index contributed by atoms with van der Waals surface area (Å²) in [5.41, 5.74) is 8.16. The molecule has 0 fully saturated rings. The van der Waals surface area contributed by atoms with Gasteiger partial charge in [-0.25, -0.2) is 9.59 Å². The van der Waals surface area contributed by atoms with E-state index in [1.54, 1.807) is 26.0 Å². The molecular formula is C28H30O4. The molecule has 0 spiro atoms. The molecular weight excluding hydrogens is 400 g/mol. The van der Waals surface area contributed by atoms with Crippen molar-refractivity contribution < 1.29 is 19.1 Å². The molecule has 0 atom stereocenters. The van der Waals surface area contributed by atoms with Crippen molar-refractivity contribution in [1.29, 1.82) is 0 Å².